The van der Waals surface area contributed by atoms with Crippen LogP contribution in [0.3, 0.4) is 0 Å². The number of aromatic nitrogens is 1. The monoisotopic (exact) mass is 548 g/mol. The molecular weight excluding hydrogens is 524 g/mol. The Morgan fingerprint density at radius 2 is 1.51 bits per heavy atom. The zero-order valence-electron chi connectivity index (χ0n) is 21.3. The highest BCUT2D eigenvalue weighted by molar-refractivity contribution is 7.98. The van der Waals surface area contributed by atoms with Gasteiger partial charge < -0.3 is 9.47 Å². The first-order valence-corrected chi connectivity index (χ1v) is 13.7. The second-order valence-corrected chi connectivity index (χ2v) is 10.2. The van der Waals surface area contributed by atoms with E-state index in [-0.39, 0.29) is 0 Å². The first kappa shape index (κ1) is 26.4. The van der Waals surface area contributed by atoms with Crippen LogP contribution in [-0.2, 0) is 12.4 Å². The van der Waals surface area contributed by atoms with Crippen LogP contribution in [0.25, 0.3) is 22.4 Å². The van der Waals surface area contributed by atoms with Gasteiger partial charge in [-0.15, -0.1) is 11.8 Å². The summed E-state index contributed by atoms with van der Waals surface area (Å²) >= 11 is 7.59. The number of methoxy groups -OCH3 is 1. The number of rotatable bonds is 9. The van der Waals surface area contributed by atoms with Crippen LogP contribution in [0.2, 0.25) is 5.02 Å². The lowest BCUT2D eigenvalue weighted by atomic mass is 9.99. The Bertz CT molecular complexity index is 1600. The van der Waals surface area contributed by atoms with E-state index in [1.54, 1.807) is 7.11 Å². The molecule has 5 rings (SSSR count). The van der Waals surface area contributed by atoms with Gasteiger partial charge in [-0.25, -0.2) is 4.98 Å². The number of nitrogens with zero attached hydrogens (tertiary/aromatic N) is 2. The molecule has 0 N–H and O–H groups in total. The average Bonchev–Trinajstić information content (AvgIpc) is 3.00. The number of pyridine rings is 1. The molecule has 0 amide bonds. The summed E-state index contributed by atoms with van der Waals surface area (Å²) in [7, 11) is 1.62. The minimum atomic E-state index is 0.429. The Labute approximate surface area is 237 Å². The van der Waals surface area contributed by atoms with Gasteiger partial charge in [0.05, 0.1) is 18.4 Å². The fourth-order valence-electron chi connectivity index (χ4n) is 4.14. The molecule has 0 bridgehead atoms. The van der Waals surface area contributed by atoms with E-state index in [1.165, 1.54) is 11.8 Å². The van der Waals surface area contributed by atoms with E-state index >= 15 is 0 Å². The van der Waals surface area contributed by atoms with Crippen molar-refractivity contribution >= 4 is 23.4 Å². The zero-order valence-corrected chi connectivity index (χ0v) is 22.9. The molecule has 1 aromatic heterocycles. The molecule has 0 saturated heterocycles. The summed E-state index contributed by atoms with van der Waals surface area (Å²) < 4.78 is 11.7. The first-order valence-electron chi connectivity index (χ1n) is 12.4. The summed E-state index contributed by atoms with van der Waals surface area (Å²) in [6.07, 6.45) is 0. The molecule has 0 aliphatic heterocycles. The molecule has 0 unspecified atom stereocenters. The first-order chi connectivity index (χ1) is 19.1. The van der Waals surface area contributed by atoms with Gasteiger partial charge in [0.15, 0.2) is 11.5 Å². The average molecular weight is 549 g/mol. The second-order valence-electron chi connectivity index (χ2n) is 8.77. The minimum absolute atomic E-state index is 0.429. The molecule has 0 saturated carbocycles. The summed E-state index contributed by atoms with van der Waals surface area (Å²) in [4.78, 5) is 4.91. The number of hydrogen-bond acceptors (Lipinski definition) is 5. The number of benzene rings is 4. The topological polar surface area (TPSA) is 55.1 Å². The van der Waals surface area contributed by atoms with E-state index in [4.69, 9.17) is 26.1 Å². The van der Waals surface area contributed by atoms with Crippen molar-refractivity contribution in [1.82, 2.24) is 4.98 Å². The normalized spacial score (nSPS) is 10.6. The lowest BCUT2D eigenvalue weighted by Gasteiger charge is -2.15. The minimum Gasteiger partial charge on any atom is -0.493 e. The molecule has 0 radical (unpaired) electrons. The number of nitriles is 1. The van der Waals surface area contributed by atoms with E-state index in [9.17, 15) is 5.26 Å². The van der Waals surface area contributed by atoms with Gasteiger partial charge in [0.1, 0.15) is 17.7 Å². The van der Waals surface area contributed by atoms with Gasteiger partial charge >= 0.3 is 0 Å². The zero-order chi connectivity index (χ0) is 27.0. The van der Waals surface area contributed by atoms with Crippen molar-refractivity contribution < 1.29 is 9.47 Å². The quantitative estimate of drug-likeness (QED) is 0.172. The molecule has 39 heavy (non-hydrogen) atoms. The molecule has 0 fully saturated rings. The highest BCUT2D eigenvalue weighted by Crippen LogP contribution is 2.39. The summed E-state index contributed by atoms with van der Waals surface area (Å²) in [6.45, 7) is 0.429. The molecule has 1 heterocycles. The predicted molar refractivity (Wildman–Crippen MR) is 158 cm³/mol. The van der Waals surface area contributed by atoms with Gasteiger partial charge in [-0.05, 0) is 47.0 Å². The smallest absolute Gasteiger partial charge is 0.161 e. The molecule has 0 aliphatic rings. The number of halogens is 1. The molecule has 4 aromatic carbocycles. The number of thioether (sulfide) groups is 1. The Morgan fingerprint density at radius 1 is 0.795 bits per heavy atom. The SMILES string of the molecule is COc1cc(-c2cc(-c3ccccc3)nc(SCc3ccc(Cl)cc3)c2C#N)ccc1OCc1ccccc1. The van der Waals surface area contributed by atoms with E-state index < -0.39 is 0 Å². The van der Waals surface area contributed by atoms with Gasteiger partial charge in [-0.3, -0.25) is 0 Å². The molecular formula is C33H25ClN2O2S. The third-order valence-corrected chi connectivity index (χ3v) is 7.47. The van der Waals surface area contributed by atoms with Crippen molar-refractivity contribution in [1.29, 1.82) is 5.26 Å². The van der Waals surface area contributed by atoms with E-state index in [2.05, 4.69) is 6.07 Å². The van der Waals surface area contributed by atoms with Gasteiger partial charge in [0.2, 0.25) is 0 Å². The van der Waals surface area contributed by atoms with Gasteiger partial charge in [-0.1, -0.05) is 90.5 Å². The van der Waals surface area contributed by atoms with Crippen LogP contribution >= 0.6 is 23.4 Å². The summed E-state index contributed by atoms with van der Waals surface area (Å²) in [5.74, 6) is 1.89. The molecule has 0 atom stereocenters. The largest absolute Gasteiger partial charge is 0.493 e. The summed E-state index contributed by atoms with van der Waals surface area (Å²) in [6, 6.07) is 37.8. The maximum atomic E-state index is 10.3. The van der Waals surface area contributed by atoms with Crippen LogP contribution in [-0.4, -0.2) is 12.1 Å². The lowest BCUT2D eigenvalue weighted by molar-refractivity contribution is 0.284. The van der Waals surface area contributed by atoms with Crippen molar-refractivity contribution in [3.05, 3.63) is 131 Å². The van der Waals surface area contributed by atoms with Crippen LogP contribution in [0.15, 0.2) is 114 Å². The van der Waals surface area contributed by atoms with Gasteiger partial charge in [0.25, 0.3) is 0 Å². The van der Waals surface area contributed by atoms with E-state index in [0.717, 1.165) is 33.5 Å². The standard InChI is InChI=1S/C33H25ClN2O2S/c1-37-32-18-26(14-17-31(32)38-21-23-8-4-2-5-9-23)28-19-30(25-10-6-3-7-11-25)36-33(29(28)20-35)39-22-24-12-15-27(34)16-13-24/h2-19H,21-22H2,1H3. The third-order valence-electron chi connectivity index (χ3n) is 6.17. The van der Waals surface area contributed by atoms with Crippen molar-refractivity contribution in [3.63, 3.8) is 0 Å². The summed E-state index contributed by atoms with van der Waals surface area (Å²) in [5.41, 5.74) is 6.11. The highest BCUT2D eigenvalue weighted by atomic mass is 35.5. The number of hydrogen-bond donors (Lipinski definition) is 0. The predicted octanol–water partition coefficient (Wildman–Crippen LogP) is 8.82. The Hall–Kier alpha value is -4.24. The van der Waals surface area contributed by atoms with Crippen LogP contribution in [0, 0.1) is 11.3 Å². The van der Waals surface area contributed by atoms with Gasteiger partial charge in [0, 0.05) is 21.9 Å². The highest BCUT2D eigenvalue weighted by Gasteiger charge is 2.18. The van der Waals surface area contributed by atoms with Crippen molar-refractivity contribution in [3.8, 4) is 40.0 Å². The van der Waals surface area contributed by atoms with Crippen LogP contribution in [0.4, 0.5) is 0 Å². The molecule has 6 heteroatoms. The van der Waals surface area contributed by atoms with Crippen LogP contribution < -0.4 is 9.47 Å². The second kappa shape index (κ2) is 12.5. The van der Waals surface area contributed by atoms with Crippen LogP contribution in [0.5, 0.6) is 11.5 Å². The van der Waals surface area contributed by atoms with E-state index in [0.29, 0.717) is 39.5 Å². The lowest BCUT2D eigenvalue weighted by Crippen LogP contribution is -1.99. The fourth-order valence-corrected chi connectivity index (χ4v) is 5.23. The summed E-state index contributed by atoms with van der Waals surface area (Å²) in [5, 5.41) is 11.6. The molecule has 0 spiro atoms. The Balaban J connectivity index is 1.53. The van der Waals surface area contributed by atoms with Crippen LogP contribution in [0.1, 0.15) is 16.7 Å². The maximum Gasteiger partial charge on any atom is 0.161 e. The molecule has 5 aromatic rings. The van der Waals surface area contributed by atoms with Gasteiger partial charge in [-0.2, -0.15) is 5.26 Å². The maximum absolute atomic E-state index is 10.3. The molecule has 0 aliphatic carbocycles. The molecule has 192 valence electrons. The van der Waals surface area contributed by atoms with Crippen molar-refractivity contribution in [2.75, 3.05) is 7.11 Å². The Morgan fingerprint density at radius 3 is 2.21 bits per heavy atom. The fraction of sp³-hybridized carbons (Fsp3) is 0.0909. The number of ether oxygens (including phenoxy) is 2. The van der Waals surface area contributed by atoms with Crippen molar-refractivity contribution in [2.45, 2.75) is 17.4 Å². The Kier molecular flexibility index (Phi) is 8.48. The molecule has 4 nitrogen and oxygen atoms in total. The van der Waals surface area contributed by atoms with Crippen molar-refractivity contribution in [2.24, 2.45) is 0 Å². The third kappa shape index (κ3) is 6.43. The van der Waals surface area contributed by atoms with E-state index in [1.807, 2.05) is 109 Å².